The molecule has 2 aromatic carbocycles. The van der Waals surface area contributed by atoms with Gasteiger partial charge in [0.15, 0.2) is 0 Å². The van der Waals surface area contributed by atoms with Crippen LogP contribution in [-0.4, -0.2) is 51.4 Å². The van der Waals surface area contributed by atoms with Crippen LogP contribution in [0.1, 0.15) is 17.5 Å². The van der Waals surface area contributed by atoms with E-state index in [4.69, 9.17) is 0 Å². The first kappa shape index (κ1) is 20.2. The molecule has 7 heteroatoms. The molecule has 1 amide bonds. The van der Waals surface area contributed by atoms with Crippen LogP contribution in [0.25, 0.3) is 10.9 Å². The lowest BCUT2D eigenvalue weighted by Gasteiger charge is -2.23. The van der Waals surface area contributed by atoms with Gasteiger partial charge in [-0.25, -0.2) is 9.37 Å². The van der Waals surface area contributed by atoms with E-state index in [1.807, 2.05) is 6.07 Å². The first-order valence-corrected chi connectivity index (χ1v) is 10.2. The van der Waals surface area contributed by atoms with Crippen LogP contribution < -0.4 is 5.56 Å². The first-order valence-electron chi connectivity index (χ1n) is 10.2. The molecular formula is C23H25FN4O2. The van der Waals surface area contributed by atoms with E-state index in [2.05, 4.69) is 35.0 Å². The summed E-state index contributed by atoms with van der Waals surface area (Å²) in [5, 5.41) is 0.186. The zero-order valence-corrected chi connectivity index (χ0v) is 17.1. The lowest BCUT2D eigenvalue weighted by atomic mass is 10.1. The molecule has 4 rings (SSSR count). The summed E-state index contributed by atoms with van der Waals surface area (Å²) in [7, 11) is 0. The van der Waals surface area contributed by atoms with Crippen LogP contribution in [-0.2, 0) is 17.9 Å². The van der Waals surface area contributed by atoms with E-state index in [0.717, 1.165) is 26.1 Å². The lowest BCUT2D eigenvalue weighted by Crippen LogP contribution is -2.39. The fourth-order valence-corrected chi connectivity index (χ4v) is 3.90. The van der Waals surface area contributed by atoms with Crippen molar-refractivity contribution in [1.82, 2.24) is 19.4 Å². The molecule has 0 unspecified atom stereocenters. The molecule has 1 aliphatic rings. The SMILES string of the molecule is Cc1ccccc1CN1CCCN(C(=O)Cn2cnc3ccc(F)cc3c2=O)CC1. The highest BCUT2D eigenvalue weighted by Gasteiger charge is 2.20. The second kappa shape index (κ2) is 8.75. The maximum Gasteiger partial charge on any atom is 0.261 e. The fraction of sp³-hybridized carbons (Fsp3) is 0.348. The normalized spacial score (nSPS) is 15.3. The molecule has 1 aromatic heterocycles. The summed E-state index contributed by atoms with van der Waals surface area (Å²) in [5.74, 6) is -0.612. The zero-order chi connectivity index (χ0) is 21.1. The Morgan fingerprint density at radius 2 is 1.93 bits per heavy atom. The van der Waals surface area contributed by atoms with Gasteiger partial charge in [0.1, 0.15) is 12.4 Å². The van der Waals surface area contributed by atoms with Gasteiger partial charge in [-0.15, -0.1) is 0 Å². The number of halogens is 1. The largest absolute Gasteiger partial charge is 0.340 e. The van der Waals surface area contributed by atoms with Gasteiger partial charge in [0.25, 0.3) is 5.56 Å². The number of rotatable bonds is 4. The molecule has 0 N–H and O–H groups in total. The molecule has 30 heavy (non-hydrogen) atoms. The zero-order valence-electron chi connectivity index (χ0n) is 17.1. The minimum atomic E-state index is -0.494. The smallest absolute Gasteiger partial charge is 0.261 e. The van der Waals surface area contributed by atoms with Crippen molar-refractivity contribution in [1.29, 1.82) is 0 Å². The molecule has 1 saturated heterocycles. The van der Waals surface area contributed by atoms with Crippen LogP contribution >= 0.6 is 0 Å². The van der Waals surface area contributed by atoms with Crippen LogP contribution in [0.2, 0.25) is 0 Å². The molecule has 6 nitrogen and oxygen atoms in total. The summed E-state index contributed by atoms with van der Waals surface area (Å²) in [5.41, 5.74) is 2.60. The number of aromatic nitrogens is 2. The highest BCUT2D eigenvalue weighted by molar-refractivity contribution is 5.79. The summed E-state index contributed by atoms with van der Waals surface area (Å²) < 4.78 is 14.8. The fourth-order valence-electron chi connectivity index (χ4n) is 3.90. The van der Waals surface area contributed by atoms with E-state index in [-0.39, 0.29) is 17.8 Å². The number of fused-ring (bicyclic) bond motifs is 1. The van der Waals surface area contributed by atoms with Crippen molar-refractivity contribution in [3.05, 3.63) is 76.1 Å². The number of amides is 1. The van der Waals surface area contributed by atoms with Gasteiger partial charge in [-0.3, -0.25) is 19.1 Å². The predicted molar refractivity (Wildman–Crippen MR) is 114 cm³/mol. The Morgan fingerprint density at radius 1 is 1.10 bits per heavy atom. The Labute approximate surface area is 174 Å². The maximum absolute atomic E-state index is 13.5. The second-order valence-corrected chi connectivity index (χ2v) is 7.78. The number of hydrogen-bond donors (Lipinski definition) is 0. The molecule has 156 valence electrons. The van der Waals surface area contributed by atoms with Crippen molar-refractivity contribution in [3.8, 4) is 0 Å². The molecule has 2 heterocycles. The Bertz CT molecular complexity index is 1130. The summed E-state index contributed by atoms with van der Waals surface area (Å²) in [4.78, 5) is 33.8. The molecule has 0 radical (unpaired) electrons. The van der Waals surface area contributed by atoms with Gasteiger partial charge in [0, 0.05) is 32.7 Å². The minimum Gasteiger partial charge on any atom is -0.340 e. The second-order valence-electron chi connectivity index (χ2n) is 7.78. The quantitative estimate of drug-likeness (QED) is 0.666. The van der Waals surface area contributed by atoms with Crippen molar-refractivity contribution in [2.24, 2.45) is 0 Å². The van der Waals surface area contributed by atoms with Crippen molar-refractivity contribution < 1.29 is 9.18 Å². The van der Waals surface area contributed by atoms with E-state index >= 15 is 0 Å². The average molecular weight is 408 g/mol. The Morgan fingerprint density at radius 3 is 2.77 bits per heavy atom. The van der Waals surface area contributed by atoms with Crippen LogP contribution in [0.5, 0.6) is 0 Å². The van der Waals surface area contributed by atoms with Crippen molar-refractivity contribution >= 4 is 16.8 Å². The van der Waals surface area contributed by atoms with E-state index in [9.17, 15) is 14.0 Å². The first-order chi connectivity index (χ1) is 14.5. The molecule has 1 aliphatic heterocycles. The topological polar surface area (TPSA) is 58.4 Å². The molecule has 0 spiro atoms. The highest BCUT2D eigenvalue weighted by atomic mass is 19.1. The van der Waals surface area contributed by atoms with Crippen molar-refractivity contribution in [2.75, 3.05) is 26.2 Å². The summed E-state index contributed by atoms with van der Waals surface area (Å²) in [6.45, 7) is 5.89. The van der Waals surface area contributed by atoms with Crippen LogP contribution in [0, 0.1) is 12.7 Å². The van der Waals surface area contributed by atoms with Gasteiger partial charge in [-0.1, -0.05) is 24.3 Å². The molecule has 0 atom stereocenters. The Balaban J connectivity index is 1.42. The minimum absolute atomic E-state index is 0.0872. The number of carbonyl (C=O) groups excluding carboxylic acids is 1. The molecular weight excluding hydrogens is 383 g/mol. The van der Waals surface area contributed by atoms with Crippen LogP contribution in [0.3, 0.4) is 0 Å². The molecule has 0 bridgehead atoms. The van der Waals surface area contributed by atoms with Gasteiger partial charge in [-0.05, 0) is 42.7 Å². The van der Waals surface area contributed by atoms with Gasteiger partial charge >= 0.3 is 0 Å². The van der Waals surface area contributed by atoms with Gasteiger partial charge in [0.05, 0.1) is 17.2 Å². The standard InChI is InChI=1S/C23H25FN4O2/c1-17-5-2-3-6-18(17)14-26-9-4-10-27(12-11-26)22(29)15-28-16-25-21-8-7-19(24)13-20(21)23(28)30/h2-3,5-8,13,16H,4,9-12,14-15H2,1H3. The number of nitrogens with zero attached hydrogens (tertiary/aromatic N) is 4. The predicted octanol–water partition coefficient (Wildman–Crippen LogP) is 2.58. The average Bonchev–Trinajstić information content (AvgIpc) is 2.98. The third kappa shape index (κ3) is 4.41. The third-order valence-electron chi connectivity index (χ3n) is 5.69. The third-order valence-corrected chi connectivity index (χ3v) is 5.69. The molecule has 0 saturated carbocycles. The molecule has 0 aliphatic carbocycles. The van der Waals surface area contributed by atoms with Crippen molar-refractivity contribution in [3.63, 3.8) is 0 Å². The monoisotopic (exact) mass is 408 g/mol. The lowest BCUT2D eigenvalue weighted by molar-refractivity contribution is -0.131. The van der Waals surface area contributed by atoms with E-state index in [1.165, 1.54) is 40.2 Å². The summed E-state index contributed by atoms with van der Waals surface area (Å²) >= 11 is 0. The van der Waals surface area contributed by atoms with Crippen molar-refractivity contribution in [2.45, 2.75) is 26.4 Å². The van der Waals surface area contributed by atoms with E-state index < -0.39 is 11.4 Å². The van der Waals surface area contributed by atoms with Gasteiger partial charge in [0.2, 0.25) is 5.91 Å². The highest BCUT2D eigenvalue weighted by Crippen LogP contribution is 2.13. The number of benzene rings is 2. The summed E-state index contributed by atoms with van der Waals surface area (Å²) in [6, 6.07) is 12.3. The molecule has 1 fully saturated rings. The number of aryl methyl sites for hydroxylation is 1. The summed E-state index contributed by atoms with van der Waals surface area (Å²) in [6.07, 6.45) is 2.25. The maximum atomic E-state index is 13.5. The van der Waals surface area contributed by atoms with Gasteiger partial charge < -0.3 is 4.90 Å². The van der Waals surface area contributed by atoms with E-state index in [0.29, 0.717) is 18.6 Å². The Hall–Kier alpha value is -3.06. The van der Waals surface area contributed by atoms with Crippen LogP contribution in [0.4, 0.5) is 4.39 Å². The number of carbonyl (C=O) groups is 1. The van der Waals surface area contributed by atoms with E-state index in [1.54, 1.807) is 4.90 Å². The Kier molecular flexibility index (Phi) is 5.90. The van der Waals surface area contributed by atoms with Gasteiger partial charge in [-0.2, -0.15) is 0 Å². The van der Waals surface area contributed by atoms with Crippen LogP contribution in [0.15, 0.2) is 53.6 Å². The molecule has 3 aromatic rings. The number of hydrogen-bond acceptors (Lipinski definition) is 4.